The van der Waals surface area contributed by atoms with E-state index in [-0.39, 0.29) is 31.3 Å². The molecule has 0 radical (unpaired) electrons. The molecule has 0 saturated carbocycles. The number of amides is 2. The molecule has 0 aromatic heterocycles. The fraction of sp³-hybridized carbons (Fsp3) is 0.500. The maximum absolute atomic E-state index is 12.8. The third-order valence-electron chi connectivity index (χ3n) is 10.5. The highest BCUT2D eigenvalue weighted by Crippen LogP contribution is 2.42. The van der Waals surface area contributed by atoms with Crippen LogP contribution in [0.2, 0.25) is 0 Å². The second-order valence-electron chi connectivity index (χ2n) is 14.0. The molecule has 3 N–H and O–H groups in total. The van der Waals surface area contributed by atoms with Crippen molar-refractivity contribution in [3.63, 3.8) is 0 Å². The van der Waals surface area contributed by atoms with Gasteiger partial charge in [0.1, 0.15) is 6.04 Å². The van der Waals surface area contributed by atoms with Crippen LogP contribution >= 0.6 is 0 Å². The van der Waals surface area contributed by atoms with E-state index in [1.54, 1.807) is 0 Å². The Balaban J connectivity index is 1.11. The zero-order valence-electron chi connectivity index (χ0n) is 29.3. The van der Waals surface area contributed by atoms with Crippen molar-refractivity contribution >= 4 is 12.0 Å². The molecule has 6 unspecified atom stereocenters. The monoisotopic (exact) mass is 684 g/mol. The first-order chi connectivity index (χ1) is 24.4. The van der Waals surface area contributed by atoms with Crippen molar-refractivity contribution in [3.8, 4) is 0 Å². The molecule has 6 rings (SSSR count). The number of aliphatic hydroxyl groups excluding tert-OH is 1. The lowest BCUT2D eigenvalue weighted by Crippen LogP contribution is -2.48. The molecule has 10 heteroatoms. The van der Waals surface area contributed by atoms with E-state index in [1.165, 1.54) is 45.9 Å². The number of nitrogens with one attached hydrogen (secondary N) is 2. The molecule has 3 fully saturated rings. The van der Waals surface area contributed by atoms with Gasteiger partial charge in [0.25, 0.3) is 0 Å². The Morgan fingerprint density at radius 3 is 2.26 bits per heavy atom. The van der Waals surface area contributed by atoms with E-state index in [0.717, 1.165) is 47.5 Å². The molecule has 0 aliphatic carbocycles. The van der Waals surface area contributed by atoms with E-state index in [0.29, 0.717) is 12.5 Å². The lowest BCUT2D eigenvalue weighted by molar-refractivity contribution is -0.276. The van der Waals surface area contributed by atoms with Crippen LogP contribution in [0.5, 0.6) is 0 Å². The molecule has 3 aromatic rings. The number of carbonyl (C=O) groups is 2. The van der Waals surface area contributed by atoms with E-state index in [9.17, 15) is 14.7 Å². The van der Waals surface area contributed by atoms with E-state index in [1.807, 2.05) is 66.7 Å². The van der Waals surface area contributed by atoms with Crippen LogP contribution in [0.4, 0.5) is 4.79 Å². The second kappa shape index (κ2) is 17.4. The first-order valence-electron chi connectivity index (χ1n) is 18.1. The molecule has 6 atom stereocenters. The van der Waals surface area contributed by atoms with Gasteiger partial charge in [0.15, 0.2) is 6.29 Å². The summed E-state index contributed by atoms with van der Waals surface area (Å²) in [5, 5.41) is 15.2. The number of nitrogens with zero attached hydrogens (tertiary/aromatic N) is 2. The molecule has 0 bridgehead atoms. The Morgan fingerprint density at radius 2 is 1.56 bits per heavy atom. The van der Waals surface area contributed by atoms with Crippen LogP contribution in [0.15, 0.2) is 78.9 Å². The van der Waals surface area contributed by atoms with Crippen LogP contribution in [-0.4, -0.2) is 84.9 Å². The number of urea groups is 1. The Hall–Kier alpha value is -3.80. The van der Waals surface area contributed by atoms with Crippen LogP contribution in [0.3, 0.4) is 0 Å². The number of benzene rings is 3. The van der Waals surface area contributed by atoms with Crippen molar-refractivity contribution in [1.29, 1.82) is 0 Å². The molecule has 3 aromatic carbocycles. The Morgan fingerprint density at radius 1 is 0.860 bits per heavy atom. The molecule has 0 spiro atoms. The van der Waals surface area contributed by atoms with Crippen molar-refractivity contribution in [3.05, 3.63) is 107 Å². The number of esters is 1. The maximum Gasteiger partial charge on any atom is 0.328 e. The quantitative estimate of drug-likeness (QED) is 0.213. The average Bonchev–Trinajstić information content (AvgIpc) is 3.84. The van der Waals surface area contributed by atoms with E-state index in [4.69, 9.17) is 14.2 Å². The Labute approximate surface area is 296 Å². The number of hydrogen-bond donors (Lipinski definition) is 3. The van der Waals surface area contributed by atoms with Gasteiger partial charge >= 0.3 is 12.0 Å². The number of hydrogen-bond acceptors (Lipinski definition) is 8. The summed E-state index contributed by atoms with van der Waals surface area (Å²) in [6.45, 7) is 8.02. The number of ether oxygens (including phenoxy) is 3. The van der Waals surface area contributed by atoms with Gasteiger partial charge in [-0.3, -0.25) is 4.90 Å². The number of methoxy groups -OCH3 is 1. The SMILES string of the molecule is COC(=O)C(Cc1ccccc1)NC(=O)NCc1ccc(C2OC(CN3CCCC3CN3CCCC3)C(C)C(c3ccc(CO)cc3)O2)cc1. The van der Waals surface area contributed by atoms with E-state index >= 15 is 0 Å². The zero-order chi connectivity index (χ0) is 34.9. The van der Waals surface area contributed by atoms with Gasteiger partial charge in [-0.05, 0) is 67.6 Å². The summed E-state index contributed by atoms with van der Waals surface area (Å²) < 4.78 is 18.4. The Bertz CT molecular complexity index is 1520. The number of aliphatic hydroxyl groups is 1. The van der Waals surface area contributed by atoms with Gasteiger partial charge in [0.2, 0.25) is 0 Å². The largest absolute Gasteiger partial charge is 0.467 e. The third-order valence-corrected chi connectivity index (χ3v) is 10.5. The lowest BCUT2D eigenvalue weighted by Gasteiger charge is -2.43. The van der Waals surface area contributed by atoms with Crippen molar-refractivity contribution in [2.24, 2.45) is 5.92 Å². The summed E-state index contributed by atoms with van der Waals surface area (Å²) in [6.07, 6.45) is 4.63. The highest BCUT2D eigenvalue weighted by atomic mass is 16.7. The van der Waals surface area contributed by atoms with Crippen molar-refractivity contribution in [1.82, 2.24) is 20.4 Å². The molecule has 3 aliphatic rings. The topological polar surface area (TPSA) is 113 Å². The fourth-order valence-corrected chi connectivity index (χ4v) is 7.53. The molecule has 50 heavy (non-hydrogen) atoms. The first-order valence-corrected chi connectivity index (χ1v) is 18.1. The summed E-state index contributed by atoms with van der Waals surface area (Å²) in [4.78, 5) is 30.4. The molecular formula is C40H52N4O6. The standard InChI is InChI=1S/C40H52N4O6/c1-28-36(26-44-22-8-11-34(44)25-43-20-6-7-21-43)49-39(50-37(28)32-16-14-31(27-45)15-17-32)33-18-12-30(13-19-33)24-41-40(47)42-35(38(46)48-2)23-29-9-4-3-5-10-29/h3-5,9-10,12-19,28,34-37,39,45H,6-8,11,20-27H2,1-2H3,(H2,41,42,47). The summed E-state index contributed by atoms with van der Waals surface area (Å²) in [7, 11) is 1.32. The van der Waals surface area contributed by atoms with Crippen LogP contribution in [0, 0.1) is 5.92 Å². The molecular weight excluding hydrogens is 632 g/mol. The van der Waals surface area contributed by atoms with Crippen LogP contribution in [0.25, 0.3) is 0 Å². The maximum atomic E-state index is 12.8. The molecule has 268 valence electrons. The molecule has 3 saturated heterocycles. The van der Waals surface area contributed by atoms with Crippen molar-refractivity contribution < 1.29 is 28.9 Å². The van der Waals surface area contributed by atoms with Crippen LogP contribution in [-0.2, 0) is 38.6 Å². The minimum absolute atomic E-state index is 0.00545. The summed E-state index contributed by atoms with van der Waals surface area (Å²) in [6, 6.07) is 24.8. The smallest absolute Gasteiger partial charge is 0.328 e. The number of carbonyl (C=O) groups excluding carboxylic acids is 2. The van der Waals surface area contributed by atoms with Gasteiger partial charge in [0, 0.05) is 43.6 Å². The molecule has 2 amide bonds. The average molecular weight is 685 g/mol. The molecule has 3 aliphatic heterocycles. The molecule has 3 heterocycles. The first kappa shape index (κ1) is 36.0. The van der Waals surface area contributed by atoms with Gasteiger partial charge in [-0.15, -0.1) is 0 Å². The number of likely N-dealkylation sites (tertiary alicyclic amines) is 2. The third kappa shape index (κ3) is 9.30. The van der Waals surface area contributed by atoms with Crippen molar-refractivity contribution in [2.45, 2.75) is 82.8 Å². The summed E-state index contributed by atoms with van der Waals surface area (Å²) in [5.41, 5.74) is 4.69. The summed E-state index contributed by atoms with van der Waals surface area (Å²) >= 11 is 0. The minimum atomic E-state index is -0.801. The summed E-state index contributed by atoms with van der Waals surface area (Å²) in [5.74, 6) is -0.375. The predicted octanol–water partition coefficient (Wildman–Crippen LogP) is 5.11. The fourth-order valence-electron chi connectivity index (χ4n) is 7.53. The minimum Gasteiger partial charge on any atom is -0.467 e. The van der Waals surface area contributed by atoms with Gasteiger partial charge in [-0.2, -0.15) is 0 Å². The van der Waals surface area contributed by atoms with E-state index in [2.05, 4.69) is 39.5 Å². The van der Waals surface area contributed by atoms with Crippen molar-refractivity contribution in [2.75, 3.05) is 39.8 Å². The number of rotatable bonds is 13. The highest BCUT2D eigenvalue weighted by molar-refractivity contribution is 5.83. The molecule has 10 nitrogen and oxygen atoms in total. The highest BCUT2D eigenvalue weighted by Gasteiger charge is 2.41. The van der Waals surface area contributed by atoms with Crippen LogP contribution in [0.1, 0.15) is 72.8 Å². The van der Waals surface area contributed by atoms with Gasteiger partial charge in [0.05, 0.1) is 25.9 Å². The predicted molar refractivity (Wildman–Crippen MR) is 191 cm³/mol. The lowest BCUT2D eigenvalue weighted by atomic mass is 9.90. The van der Waals surface area contributed by atoms with Gasteiger partial charge in [-0.1, -0.05) is 85.8 Å². The zero-order valence-corrected chi connectivity index (χ0v) is 29.3. The van der Waals surface area contributed by atoms with Crippen LogP contribution < -0.4 is 10.6 Å². The Kier molecular flexibility index (Phi) is 12.5. The second-order valence-corrected chi connectivity index (χ2v) is 14.0. The van der Waals surface area contributed by atoms with Gasteiger partial charge in [-0.25, -0.2) is 9.59 Å². The van der Waals surface area contributed by atoms with Gasteiger partial charge < -0.3 is 34.9 Å². The van der Waals surface area contributed by atoms with E-state index < -0.39 is 24.3 Å². The normalized spacial score (nSPS) is 24.9.